The van der Waals surface area contributed by atoms with Gasteiger partial charge >= 0.3 is 5.97 Å². The molecule has 1 N–H and O–H groups in total. The smallest absolute Gasteiger partial charge is 0.335 e. The van der Waals surface area contributed by atoms with Crippen LogP contribution in [0.1, 0.15) is 34.0 Å². The van der Waals surface area contributed by atoms with Crippen LogP contribution in [-0.4, -0.2) is 33.7 Å². The molecule has 2 amide bonds. The Morgan fingerprint density at radius 1 is 1.03 bits per heavy atom. The maximum absolute atomic E-state index is 12.9. The summed E-state index contributed by atoms with van der Waals surface area (Å²) in [5, 5.41) is 9.64. The van der Waals surface area contributed by atoms with E-state index in [0.717, 1.165) is 17.3 Å². The second-order valence-corrected chi connectivity index (χ2v) is 9.79. The van der Waals surface area contributed by atoms with Gasteiger partial charge in [-0.2, -0.15) is 0 Å². The Morgan fingerprint density at radius 3 is 2.49 bits per heavy atom. The number of imide groups is 1. The van der Waals surface area contributed by atoms with Gasteiger partial charge in [0.25, 0.3) is 11.1 Å². The number of nitrogens with zero attached hydrogens (tertiary/aromatic N) is 1. The molecule has 0 aromatic heterocycles. The summed E-state index contributed by atoms with van der Waals surface area (Å²) in [6, 6.07) is 16.6. The third kappa shape index (κ3) is 6.46. The zero-order chi connectivity index (χ0) is 26.5. The summed E-state index contributed by atoms with van der Waals surface area (Å²) in [5.41, 5.74) is 2.14. The number of thioether (sulfide) groups is 1. The molecular weight excluding hydrogens is 537 g/mol. The maximum Gasteiger partial charge on any atom is 0.335 e. The molecule has 0 spiro atoms. The molecule has 0 aliphatic carbocycles. The highest BCUT2D eigenvalue weighted by Crippen LogP contribution is 2.40. The van der Waals surface area contributed by atoms with E-state index in [2.05, 4.69) is 0 Å². The number of rotatable bonds is 9. The molecule has 1 aliphatic heterocycles. The van der Waals surface area contributed by atoms with E-state index in [4.69, 9.17) is 32.7 Å². The van der Waals surface area contributed by atoms with Crippen LogP contribution >= 0.6 is 35.0 Å². The molecule has 0 atom stereocenters. The van der Waals surface area contributed by atoms with Crippen molar-refractivity contribution in [1.82, 2.24) is 4.90 Å². The largest absolute Gasteiger partial charge is 0.490 e. The zero-order valence-electron chi connectivity index (χ0n) is 19.6. The summed E-state index contributed by atoms with van der Waals surface area (Å²) in [6.07, 6.45) is 1.58. The molecule has 1 fully saturated rings. The van der Waals surface area contributed by atoms with Crippen molar-refractivity contribution in [2.75, 3.05) is 6.61 Å². The fourth-order valence-corrected chi connectivity index (χ4v) is 4.82. The van der Waals surface area contributed by atoms with E-state index < -0.39 is 11.9 Å². The minimum Gasteiger partial charge on any atom is -0.490 e. The number of halogens is 2. The van der Waals surface area contributed by atoms with E-state index in [9.17, 15) is 19.5 Å². The average Bonchev–Trinajstić information content (AvgIpc) is 3.12. The lowest BCUT2D eigenvalue weighted by Crippen LogP contribution is -2.27. The van der Waals surface area contributed by atoms with E-state index in [1.807, 2.05) is 6.92 Å². The van der Waals surface area contributed by atoms with Crippen LogP contribution in [0.5, 0.6) is 11.5 Å². The van der Waals surface area contributed by atoms with Crippen LogP contribution in [0.4, 0.5) is 4.79 Å². The Bertz CT molecular complexity index is 1390. The van der Waals surface area contributed by atoms with Crippen molar-refractivity contribution in [3.8, 4) is 11.5 Å². The van der Waals surface area contributed by atoms with Gasteiger partial charge < -0.3 is 14.6 Å². The van der Waals surface area contributed by atoms with Crippen LogP contribution in [-0.2, 0) is 17.9 Å². The number of carboxylic acid groups (broad SMARTS) is 1. The molecule has 0 saturated carbocycles. The lowest BCUT2D eigenvalue weighted by molar-refractivity contribution is -0.123. The van der Waals surface area contributed by atoms with E-state index in [1.165, 1.54) is 17.0 Å². The number of carbonyl (C=O) groups excluding carboxylic acids is 2. The number of benzene rings is 3. The van der Waals surface area contributed by atoms with Crippen molar-refractivity contribution in [3.63, 3.8) is 0 Å². The van der Waals surface area contributed by atoms with Crippen LogP contribution in [0.3, 0.4) is 0 Å². The SMILES string of the molecule is CCOc1cc(/C=C2/SC(=O)N(Cc3ccc(Cl)cc3)C2=O)cc(Cl)c1OCc1cccc(C(=O)O)c1. The molecule has 1 heterocycles. The first kappa shape index (κ1) is 26.6. The van der Waals surface area contributed by atoms with E-state index in [1.54, 1.807) is 54.6 Å². The first-order valence-corrected chi connectivity index (χ1v) is 12.7. The quantitative estimate of drug-likeness (QED) is 0.286. The number of aromatic carboxylic acids is 1. The molecule has 7 nitrogen and oxygen atoms in total. The monoisotopic (exact) mass is 557 g/mol. The van der Waals surface area contributed by atoms with Crippen molar-refractivity contribution in [2.24, 2.45) is 0 Å². The van der Waals surface area contributed by atoms with E-state index >= 15 is 0 Å². The van der Waals surface area contributed by atoms with Crippen molar-refractivity contribution in [3.05, 3.63) is 97.9 Å². The molecule has 10 heteroatoms. The summed E-state index contributed by atoms with van der Waals surface area (Å²) < 4.78 is 11.6. The number of hydrogen-bond donors (Lipinski definition) is 1. The molecular formula is C27H21Cl2NO6S. The van der Waals surface area contributed by atoms with Gasteiger partial charge in [0, 0.05) is 5.02 Å². The third-order valence-corrected chi connectivity index (χ3v) is 6.75. The fraction of sp³-hybridized carbons (Fsp3) is 0.148. The van der Waals surface area contributed by atoms with Crippen LogP contribution in [0.2, 0.25) is 10.0 Å². The Morgan fingerprint density at radius 2 is 1.78 bits per heavy atom. The second-order valence-electron chi connectivity index (χ2n) is 7.95. The van der Waals surface area contributed by atoms with Gasteiger partial charge in [-0.1, -0.05) is 47.5 Å². The zero-order valence-corrected chi connectivity index (χ0v) is 21.9. The lowest BCUT2D eigenvalue weighted by Gasteiger charge is -2.15. The molecule has 0 unspecified atom stereocenters. The Labute approximate surface area is 227 Å². The van der Waals surface area contributed by atoms with Crippen LogP contribution in [0.25, 0.3) is 6.08 Å². The lowest BCUT2D eigenvalue weighted by atomic mass is 10.1. The first-order valence-electron chi connectivity index (χ1n) is 11.2. The standard InChI is InChI=1S/C27H21Cl2NO6S/c1-2-35-22-12-18(11-21(29)24(22)36-15-17-4-3-5-19(10-17)26(32)33)13-23-25(31)30(27(34)37-23)14-16-6-8-20(28)9-7-16/h3-13H,2,14-15H2,1H3,(H,32,33)/b23-13+. The fourth-order valence-electron chi connectivity index (χ4n) is 3.58. The molecule has 0 radical (unpaired) electrons. The minimum atomic E-state index is -1.03. The molecule has 3 aromatic carbocycles. The topological polar surface area (TPSA) is 93.1 Å². The number of carbonyl (C=O) groups is 3. The van der Waals surface area contributed by atoms with Gasteiger partial charge in [-0.25, -0.2) is 4.79 Å². The number of hydrogen-bond acceptors (Lipinski definition) is 6. The number of amides is 2. The maximum atomic E-state index is 12.9. The summed E-state index contributed by atoms with van der Waals surface area (Å²) in [6.45, 7) is 2.36. The summed E-state index contributed by atoms with van der Waals surface area (Å²) in [4.78, 5) is 38.1. The highest BCUT2D eigenvalue weighted by atomic mass is 35.5. The predicted molar refractivity (Wildman–Crippen MR) is 143 cm³/mol. The van der Waals surface area contributed by atoms with Gasteiger partial charge in [-0.05, 0) is 77.9 Å². The van der Waals surface area contributed by atoms with Crippen molar-refractivity contribution < 1.29 is 29.0 Å². The normalized spacial score (nSPS) is 14.4. The summed E-state index contributed by atoms with van der Waals surface area (Å²) in [7, 11) is 0. The van der Waals surface area contributed by atoms with E-state index in [0.29, 0.717) is 28.5 Å². The highest BCUT2D eigenvalue weighted by Gasteiger charge is 2.35. The Kier molecular flexibility index (Phi) is 8.43. The van der Waals surface area contributed by atoms with Crippen LogP contribution in [0.15, 0.2) is 65.6 Å². The third-order valence-electron chi connectivity index (χ3n) is 5.31. The highest BCUT2D eigenvalue weighted by molar-refractivity contribution is 8.18. The average molecular weight is 558 g/mol. The van der Waals surface area contributed by atoms with Gasteiger partial charge in [0.2, 0.25) is 0 Å². The Hall–Kier alpha value is -3.46. The molecule has 37 heavy (non-hydrogen) atoms. The van der Waals surface area contributed by atoms with Gasteiger partial charge in [0.05, 0.1) is 28.6 Å². The van der Waals surface area contributed by atoms with Gasteiger partial charge in [0.1, 0.15) is 6.61 Å². The molecule has 190 valence electrons. The van der Waals surface area contributed by atoms with E-state index in [-0.39, 0.29) is 39.6 Å². The second kappa shape index (κ2) is 11.7. The molecule has 1 saturated heterocycles. The molecule has 4 rings (SSSR count). The van der Waals surface area contributed by atoms with Gasteiger partial charge in [-0.15, -0.1) is 0 Å². The summed E-state index contributed by atoms with van der Waals surface area (Å²) >= 11 is 13.3. The van der Waals surface area contributed by atoms with Gasteiger partial charge in [-0.3, -0.25) is 14.5 Å². The molecule has 1 aliphatic rings. The van der Waals surface area contributed by atoms with Gasteiger partial charge in [0.15, 0.2) is 11.5 Å². The molecule has 0 bridgehead atoms. The summed E-state index contributed by atoms with van der Waals surface area (Å²) in [5.74, 6) is -0.789. The van der Waals surface area contributed by atoms with Crippen molar-refractivity contribution in [2.45, 2.75) is 20.1 Å². The predicted octanol–water partition coefficient (Wildman–Crippen LogP) is 6.91. The number of carboxylic acids is 1. The van der Waals surface area contributed by atoms with Crippen LogP contribution in [0, 0.1) is 0 Å². The Balaban J connectivity index is 1.54. The number of ether oxygens (including phenoxy) is 2. The first-order chi connectivity index (χ1) is 17.7. The molecule has 3 aromatic rings. The van der Waals surface area contributed by atoms with Crippen molar-refractivity contribution in [1.29, 1.82) is 0 Å². The van der Waals surface area contributed by atoms with Crippen LogP contribution < -0.4 is 9.47 Å². The van der Waals surface area contributed by atoms with Crippen molar-refractivity contribution >= 4 is 58.2 Å². The minimum absolute atomic E-state index is 0.0733.